The summed E-state index contributed by atoms with van der Waals surface area (Å²) in [6.45, 7) is 5.03. The number of aryl methyl sites for hydroxylation is 1. The highest BCUT2D eigenvalue weighted by atomic mass is 32.1. The third-order valence-corrected chi connectivity index (χ3v) is 10.4. The summed E-state index contributed by atoms with van der Waals surface area (Å²) in [4.78, 5) is 57.6. The number of amides is 3. The van der Waals surface area contributed by atoms with Crippen molar-refractivity contribution in [2.45, 2.75) is 39.0 Å². The zero-order chi connectivity index (χ0) is 36.9. The van der Waals surface area contributed by atoms with E-state index in [-0.39, 0.29) is 41.0 Å². The Morgan fingerprint density at radius 3 is 2.32 bits per heavy atom. The molecule has 1 aromatic carbocycles. The largest absolute Gasteiger partial charge is 0.381 e. The Morgan fingerprint density at radius 2 is 1.57 bits per heavy atom. The van der Waals surface area contributed by atoms with Crippen molar-refractivity contribution in [3.05, 3.63) is 112 Å². The summed E-state index contributed by atoms with van der Waals surface area (Å²) in [6.07, 6.45) is 6.71. The van der Waals surface area contributed by atoms with Gasteiger partial charge in [0.05, 0.1) is 16.1 Å². The van der Waals surface area contributed by atoms with Gasteiger partial charge in [0.1, 0.15) is 16.4 Å². The van der Waals surface area contributed by atoms with Gasteiger partial charge >= 0.3 is 0 Å². The summed E-state index contributed by atoms with van der Waals surface area (Å²) in [5, 5.41) is 5.31. The Labute approximate surface area is 309 Å². The number of halogens is 2. The van der Waals surface area contributed by atoms with Gasteiger partial charge in [0, 0.05) is 67.7 Å². The van der Waals surface area contributed by atoms with E-state index in [4.69, 9.17) is 9.72 Å². The van der Waals surface area contributed by atoms with Gasteiger partial charge in [0.15, 0.2) is 17.5 Å². The lowest BCUT2D eigenvalue weighted by molar-refractivity contribution is 0.0984. The minimum Gasteiger partial charge on any atom is -0.381 e. The van der Waals surface area contributed by atoms with Crippen molar-refractivity contribution in [3.63, 3.8) is 0 Å². The number of carbonyl (C=O) groups excluding carboxylic acids is 3. The number of pyridine rings is 3. The molecule has 0 atom stereocenters. The van der Waals surface area contributed by atoms with E-state index >= 15 is 4.39 Å². The van der Waals surface area contributed by atoms with Gasteiger partial charge in [-0.05, 0) is 99.7 Å². The van der Waals surface area contributed by atoms with Gasteiger partial charge in [-0.3, -0.25) is 19.4 Å². The fourth-order valence-electron chi connectivity index (χ4n) is 6.44. The Bertz CT molecular complexity index is 2150. The second kappa shape index (κ2) is 16.0. The third kappa shape index (κ3) is 7.78. The maximum Gasteiger partial charge on any atom is 0.270 e. The standard InChI is InChI=1S/C39H37F2N7O4S/c1-24-10-15-28(36(44-24)47-19-2-4-22-52-23-5-3-20-47)37(49)45-26-13-11-25(12-14-26)39(51)48-21-16-27-31(41)34(38(50)46-35-29(40)8-6-18-43-35)53-33(27)32-30(48)9-7-17-42-32/h6-15,17-18H,2-5,16,19-23H2,1H3,(H,45,49)(H,43,46,50). The molecule has 272 valence electrons. The fraction of sp³-hybridized carbons (Fsp3) is 0.282. The molecular formula is C39H37F2N7O4S. The molecule has 6 heterocycles. The molecule has 53 heavy (non-hydrogen) atoms. The Kier molecular flexibility index (Phi) is 10.8. The first-order valence-corrected chi connectivity index (χ1v) is 18.3. The first kappa shape index (κ1) is 35.8. The van der Waals surface area contributed by atoms with Crippen LogP contribution < -0.4 is 20.4 Å². The van der Waals surface area contributed by atoms with Crippen molar-refractivity contribution in [1.29, 1.82) is 0 Å². The van der Waals surface area contributed by atoms with Crippen LogP contribution in [0.2, 0.25) is 0 Å². The van der Waals surface area contributed by atoms with Gasteiger partial charge in [-0.1, -0.05) is 0 Å². The molecule has 5 aromatic rings. The normalized spacial score (nSPS) is 14.8. The summed E-state index contributed by atoms with van der Waals surface area (Å²) < 4.78 is 35.6. The molecule has 0 spiro atoms. The van der Waals surface area contributed by atoms with Crippen LogP contribution >= 0.6 is 11.3 Å². The molecule has 2 aliphatic rings. The topological polar surface area (TPSA) is 130 Å². The van der Waals surface area contributed by atoms with Crippen LogP contribution in [0.1, 0.15) is 67.3 Å². The van der Waals surface area contributed by atoms with E-state index in [1.54, 1.807) is 42.5 Å². The number of aromatic nitrogens is 3. The quantitative estimate of drug-likeness (QED) is 0.186. The lowest BCUT2D eigenvalue weighted by atomic mass is 10.1. The number of benzene rings is 1. The molecule has 0 aliphatic carbocycles. The van der Waals surface area contributed by atoms with E-state index in [9.17, 15) is 18.8 Å². The highest BCUT2D eigenvalue weighted by Gasteiger charge is 2.32. The molecule has 3 amide bonds. The second-order valence-electron chi connectivity index (χ2n) is 12.8. The molecule has 14 heteroatoms. The highest BCUT2D eigenvalue weighted by molar-refractivity contribution is 7.17. The molecular weight excluding hydrogens is 701 g/mol. The zero-order valence-electron chi connectivity index (χ0n) is 29.0. The number of carbonyl (C=O) groups is 3. The third-order valence-electron chi connectivity index (χ3n) is 9.14. The first-order chi connectivity index (χ1) is 25.8. The molecule has 11 nitrogen and oxygen atoms in total. The molecule has 0 unspecified atom stereocenters. The number of rotatable bonds is 6. The molecule has 7 rings (SSSR count). The van der Waals surface area contributed by atoms with Crippen LogP contribution in [0.3, 0.4) is 0 Å². The van der Waals surface area contributed by atoms with E-state index in [1.165, 1.54) is 23.4 Å². The molecule has 0 saturated carbocycles. The molecule has 1 fully saturated rings. The minimum atomic E-state index is -0.829. The van der Waals surface area contributed by atoms with Crippen LogP contribution in [0.4, 0.5) is 31.8 Å². The monoisotopic (exact) mass is 737 g/mol. The van der Waals surface area contributed by atoms with Crippen molar-refractivity contribution in [2.24, 2.45) is 0 Å². The van der Waals surface area contributed by atoms with E-state index in [0.29, 0.717) is 38.9 Å². The lowest BCUT2D eigenvalue weighted by Crippen LogP contribution is -2.32. The van der Waals surface area contributed by atoms with Gasteiger partial charge in [0.2, 0.25) is 0 Å². The van der Waals surface area contributed by atoms with E-state index in [2.05, 4.69) is 25.5 Å². The Hall–Kier alpha value is -5.60. The molecule has 0 radical (unpaired) electrons. The number of hydrogen-bond acceptors (Lipinski definition) is 9. The van der Waals surface area contributed by atoms with Gasteiger partial charge in [0.25, 0.3) is 17.7 Å². The van der Waals surface area contributed by atoms with Gasteiger partial charge in [-0.2, -0.15) is 0 Å². The van der Waals surface area contributed by atoms with Gasteiger partial charge in [-0.15, -0.1) is 11.3 Å². The van der Waals surface area contributed by atoms with Crippen LogP contribution in [-0.4, -0.2) is 65.5 Å². The number of ether oxygens (including phenoxy) is 1. The predicted molar refractivity (Wildman–Crippen MR) is 200 cm³/mol. The number of fused-ring (bicyclic) bond motifs is 3. The molecule has 2 N–H and O–H groups in total. The van der Waals surface area contributed by atoms with E-state index in [0.717, 1.165) is 75.1 Å². The van der Waals surface area contributed by atoms with Crippen LogP contribution in [0.25, 0.3) is 10.6 Å². The summed E-state index contributed by atoms with van der Waals surface area (Å²) in [7, 11) is 0. The number of hydrogen-bond donors (Lipinski definition) is 2. The van der Waals surface area contributed by atoms with Crippen LogP contribution in [-0.2, 0) is 11.2 Å². The van der Waals surface area contributed by atoms with Gasteiger partial charge < -0.3 is 25.2 Å². The summed E-state index contributed by atoms with van der Waals surface area (Å²) in [5.41, 5.74) is 3.22. The predicted octanol–water partition coefficient (Wildman–Crippen LogP) is 7.29. The van der Waals surface area contributed by atoms with Crippen molar-refractivity contribution < 1.29 is 27.9 Å². The summed E-state index contributed by atoms with van der Waals surface area (Å²) >= 11 is 0.890. The molecule has 1 saturated heterocycles. The number of thiophene rings is 1. The zero-order valence-corrected chi connectivity index (χ0v) is 29.8. The van der Waals surface area contributed by atoms with Crippen molar-refractivity contribution in [1.82, 2.24) is 15.0 Å². The van der Waals surface area contributed by atoms with Crippen molar-refractivity contribution in [2.75, 3.05) is 53.3 Å². The number of nitrogens with one attached hydrogen (secondary N) is 2. The lowest BCUT2D eigenvalue weighted by Gasteiger charge is -2.27. The van der Waals surface area contributed by atoms with E-state index in [1.807, 2.05) is 13.0 Å². The smallest absolute Gasteiger partial charge is 0.270 e. The molecule has 4 aromatic heterocycles. The minimum absolute atomic E-state index is 0.108. The van der Waals surface area contributed by atoms with Crippen molar-refractivity contribution >= 4 is 52.1 Å². The molecule has 0 bridgehead atoms. The Morgan fingerprint density at radius 1 is 0.830 bits per heavy atom. The van der Waals surface area contributed by atoms with Crippen LogP contribution in [0, 0.1) is 18.6 Å². The highest BCUT2D eigenvalue weighted by Crippen LogP contribution is 2.42. The fourth-order valence-corrected chi connectivity index (χ4v) is 7.57. The van der Waals surface area contributed by atoms with Gasteiger partial charge in [-0.25, -0.2) is 18.7 Å². The van der Waals surface area contributed by atoms with Crippen LogP contribution in [0.5, 0.6) is 0 Å². The SMILES string of the molecule is Cc1ccc(C(=O)Nc2ccc(C(=O)N3CCc4c(sc(C(=O)Nc5ncccc5F)c4F)-c4ncccc43)cc2)c(N2CCCCOCCCC2)n1. The first-order valence-electron chi connectivity index (χ1n) is 17.5. The average Bonchev–Trinajstić information content (AvgIpc) is 3.40. The summed E-state index contributed by atoms with van der Waals surface area (Å²) in [6, 6.07) is 16.2. The van der Waals surface area contributed by atoms with Crippen molar-refractivity contribution in [3.8, 4) is 10.6 Å². The molecule has 2 aliphatic heterocycles. The number of anilines is 4. The average molecular weight is 738 g/mol. The Balaban J connectivity index is 1.08. The number of nitrogens with zero attached hydrogens (tertiary/aromatic N) is 5. The maximum absolute atomic E-state index is 15.8. The summed E-state index contributed by atoms with van der Waals surface area (Å²) in [5.74, 6) is -2.60. The van der Waals surface area contributed by atoms with Crippen LogP contribution in [0.15, 0.2) is 73.1 Å². The van der Waals surface area contributed by atoms with E-state index < -0.39 is 17.5 Å². The maximum atomic E-state index is 15.8. The second-order valence-corrected chi connectivity index (χ2v) is 13.8.